The van der Waals surface area contributed by atoms with Gasteiger partial charge in [-0.1, -0.05) is 19.9 Å². The van der Waals surface area contributed by atoms with Gasteiger partial charge in [-0.2, -0.15) is 0 Å². The molecule has 1 rings (SSSR count). The van der Waals surface area contributed by atoms with Crippen molar-refractivity contribution in [3.8, 4) is 0 Å². The number of halogens is 2. The molecule has 0 aliphatic carbocycles. The van der Waals surface area contributed by atoms with Gasteiger partial charge in [0.05, 0.1) is 10.1 Å². The Morgan fingerprint density at radius 3 is 2.68 bits per heavy atom. The maximum Gasteiger partial charge on any atom is 0.137 e. The van der Waals surface area contributed by atoms with E-state index in [0.717, 1.165) is 18.7 Å². The van der Waals surface area contributed by atoms with E-state index < -0.39 is 5.60 Å². The van der Waals surface area contributed by atoms with Crippen LogP contribution in [0.25, 0.3) is 0 Å². The summed E-state index contributed by atoms with van der Waals surface area (Å²) in [4.78, 5) is 0. The van der Waals surface area contributed by atoms with Gasteiger partial charge in [0, 0.05) is 6.42 Å². The summed E-state index contributed by atoms with van der Waals surface area (Å²) in [5.41, 5.74) is 0.156. The Balaban J connectivity index is 2.46. The van der Waals surface area contributed by atoms with Crippen LogP contribution < -0.4 is 5.32 Å². The molecule has 0 aliphatic rings. The van der Waals surface area contributed by atoms with E-state index in [4.69, 9.17) is 0 Å². The molecule has 0 aromatic heterocycles. The molecule has 0 fully saturated rings. The van der Waals surface area contributed by atoms with Crippen molar-refractivity contribution in [2.45, 2.75) is 39.2 Å². The minimum atomic E-state index is -0.777. The van der Waals surface area contributed by atoms with Crippen molar-refractivity contribution >= 4 is 15.9 Å². The molecule has 1 aromatic carbocycles. The zero-order chi connectivity index (χ0) is 14.5. The molecule has 0 saturated heterocycles. The molecule has 1 aromatic rings. The minimum Gasteiger partial charge on any atom is -0.390 e. The standard InChI is InChI=1S/C15H23BrFNO/c1-11(2)10-18-7-6-15(3,19)9-12-4-5-14(17)13(16)8-12/h4-5,8,11,18-19H,6-7,9-10H2,1-3H3. The Morgan fingerprint density at radius 1 is 1.42 bits per heavy atom. The van der Waals surface area contributed by atoms with Crippen molar-refractivity contribution in [3.05, 3.63) is 34.1 Å². The Hall–Kier alpha value is -0.450. The second-order valence-electron chi connectivity index (χ2n) is 5.77. The molecule has 0 radical (unpaired) electrons. The van der Waals surface area contributed by atoms with Crippen LogP contribution >= 0.6 is 15.9 Å². The third-order valence-electron chi connectivity index (χ3n) is 2.96. The van der Waals surface area contributed by atoms with Crippen molar-refractivity contribution in [2.75, 3.05) is 13.1 Å². The van der Waals surface area contributed by atoms with E-state index >= 15 is 0 Å². The van der Waals surface area contributed by atoms with Crippen molar-refractivity contribution in [2.24, 2.45) is 5.92 Å². The predicted octanol–water partition coefficient (Wildman–Crippen LogP) is 3.52. The summed E-state index contributed by atoms with van der Waals surface area (Å²) in [5.74, 6) is 0.333. The van der Waals surface area contributed by atoms with Crippen LogP contribution in [0.1, 0.15) is 32.8 Å². The van der Waals surface area contributed by atoms with E-state index in [-0.39, 0.29) is 5.82 Å². The van der Waals surface area contributed by atoms with Gasteiger partial charge in [-0.15, -0.1) is 0 Å². The third-order valence-corrected chi connectivity index (χ3v) is 3.57. The highest BCUT2D eigenvalue weighted by atomic mass is 79.9. The molecule has 1 atom stereocenters. The first kappa shape index (κ1) is 16.6. The van der Waals surface area contributed by atoms with Gasteiger partial charge < -0.3 is 10.4 Å². The Bertz CT molecular complexity index is 407. The van der Waals surface area contributed by atoms with Gasteiger partial charge in [0.15, 0.2) is 0 Å². The minimum absolute atomic E-state index is 0.276. The lowest BCUT2D eigenvalue weighted by Crippen LogP contribution is -2.33. The summed E-state index contributed by atoms with van der Waals surface area (Å²) in [6, 6.07) is 4.87. The van der Waals surface area contributed by atoms with E-state index in [9.17, 15) is 9.50 Å². The molecular weight excluding hydrogens is 309 g/mol. The van der Waals surface area contributed by atoms with E-state index in [2.05, 4.69) is 35.1 Å². The molecule has 0 spiro atoms. The number of rotatable bonds is 7. The topological polar surface area (TPSA) is 32.3 Å². The molecule has 0 saturated carbocycles. The van der Waals surface area contributed by atoms with E-state index in [1.54, 1.807) is 12.1 Å². The normalized spacial score (nSPS) is 14.7. The largest absolute Gasteiger partial charge is 0.390 e. The Kier molecular flexibility index (Phi) is 6.43. The summed E-state index contributed by atoms with van der Waals surface area (Å²) < 4.78 is 13.6. The zero-order valence-electron chi connectivity index (χ0n) is 11.8. The van der Waals surface area contributed by atoms with Gasteiger partial charge in [0.25, 0.3) is 0 Å². The number of hydrogen-bond donors (Lipinski definition) is 2. The maximum atomic E-state index is 13.1. The Labute approximate surface area is 123 Å². The van der Waals surface area contributed by atoms with Crippen LogP contribution in [0.4, 0.5) is 4.39 Å². The number of nitrogens with one attached hydrogen (secondary N) is 1. The van der Waals surface area contributed by atoms with Crippen LogP contribution in [-0.2, 0) is 6.42 Å². The van der Waals surface area contributed by atoms with Crippen LogP contribution in [-0.4, -0.2) is 23.8 Å². The fourth-order valence-electron chi connectivity index (χ4n) is 1.93. The van der Waals surface area contributed by atoms with Crippen molar-refractivity contribution in [3.63, 3.8) is 0 Å². The van der Waals surface area contributed by atoms with Gasteiger partial charge in [0.1, 0.15) is 5.82 Å². The fraction of sp³-hybridized carbons (Fsp3) is 0.600. The SMILES string of the molecule is CC(C)CNCCC(C)(O)Cc1ccc(F)c(Br)c1. The van der Waals surface area contributed by atoms with Gasteiger partial charge in [-0.05, 0) is 66.0 Å². The lowest BCUT2D eigenvalue weighted by molar-refractivity contribution is 0.0513. The molecule has 1 unspecified atom stereocenters. The first-order valence-electron chi connectivity index (χ1n) is 6.67. The van der Waals surface area contributed by atoms with Gasteiger partial charge in [0.2, 0.25) is 0 Å². The lowest BCUT2D eigenvalue weighted by Gasteiger charge is -2.24. The van der Waals surface area contributed by atoms with Crippen LogP contribution in [0.3, 0.4) is 0 Å². The second-order valence-corrected chi connectivity index (χ2v) is 6.62. The average Bonchev–Trinajstić information content (AvgIpc) is 2.29. The lowest BCUT2D eigenvalue weighted by atomic mass is 9.93. The summed E-state index contributed by atoms with van der Waals surface area (Å²) >= 11 is 3.16. The van der Waals surface area contributed by atoms with Crippen molar-refractivity contribution in [1.29, 1.82) is 0 Å². The number of benzene rings is 1. The van der Waals surface area contributed by atoms with Crippen molar-refractivity contribution < 1.29 is 9.50 Å². The molecule has 4 heteroatoms. The molecule has 108 valence electrons. The molecule has 0 heterocycles. The van der Waals surface area contributed by atoms with E-state index in [1.165, 1.54) is 6.07 Å². The predicted molar refractivity (Wildman–Crippen MR) is 80.8 cm³/mol. The fourth-order valence-corrected chi connectivity index (χ4v) is 2.35. The molecule has 0 bridgehead atoms. The first-order chi connectivity index (χ1) is 8.80. The summed E-state index contributed by atoms with van der Waals surface area (Å²) in [7, 11) is 0. The number of hydrogen-bond acceptors (Lipinski definition) is 2. The van der Waals surface area contributed by atoms with Gasteiger partial charge >= 0.3 is 0 Å². The molecule has 2 N–H and O–H groups in total. The highest BCUT2D eigenvalue weighted by Crippen LogP contribution is 2.21. The molecular formula is C15H23BrFNO. The summed E-state index contributed by atoms with van der Waals surface area (Å²) in [6.45, 7) is 7.87. The molecule has 0 amide bonds. The average molecular weight is 332 g/mol. The summed E-state index contributed by atoms with van der Waals surface area (Å²) in [5, 5.41) is 13.7. The molecule has 0 aliphatic heterocycles. The van der Waals surface area contributed by atoms with Gasteiger partial charge in [-0.3, -0.25) is 0 Å². The van der Waals surface area contributed by atoms with Crippen LogP contribution in [0.5, 0.6) is 0 Å². The zero-order valence-corrected chi connectivity index (χ0v) is 13.4. The second kappa shape index (κ2) is 7.36. The van der Waals surface area contributed by atoms with E-state index in [1.807, 2.05) is 6.92 Å². The molecule has 2 nitrogen and oxygen atoms in total. The first-order valence-corrected chi connectivity index (χ1v) is 7.46. The van der Waals surface area contributed by atoms with Crippen LogP contribution in [0, 0.1) is 11.7 Å². The highest BCUT2D eigenvalue weighted by Gasteiger charge is 2.20. The van der Waals surface area contributed by atoms with Crippen LogP contribution in [0.15, 0.2) is 22.7 Å². The van der Waals surface area contributed by atoms with Crippen molar-refractivity contribution in [1.82, 2.24) is 5.32 Å². The smallest absolute Gasteiger partial charge is 0.137 e. The Morgan fingerprint density at radius 2 is 2.11 bits per heavy atom. The van der Waals surface area contributed by atoms with Crippen LogP contribution in [0.2, 0.25) is 0 Å². The quantitative estimate of drug-likeness (QED) is 0.749. The maximum absolute atomic E-state index is 13.1. The monoisotopic (exact) mass is 331 g/mol. The molecule has 19 heavy (non-hydrogen) atoms. The number of aliphatic hydroxyl groups is 1. The summed E-state index contributed by atoms with van der Waals surface area (Å²) in [6.07, 6.45) is 1.20. The van der Waals surface area contributed by atoms with Gasteiger partial charge in [-0.25, -0.2) is 4.39 Å². The third kappa shape index (κ3) is 6.50. The highest BCUT2D eigenvalue weighted by molar-refractivity contribution is 9.10. The van der Waals surface area contributed by atoms with E-state index in [0.29, 0.717) is 23.2 Å².